The van der Waals surface area contributed by atoms with Gasteiger partial charge in [-0.05, 0) is 18.2 Å². The maximum Gasteiger partial charge on any atom is 0.252 e. The van der Waals surface area contributed by atoms with Gasteiger partial charge in [0.15, 0.2) is 0 Å². The molecule has 2 aromatic rings. The molecule has 2 heterocycles. The zero-order chi connectivity index (χ0) is 19.6. The summed E-state index contributed by atoms with van der Waals surface area (Å²) in [6.45, 7) is 6.46. The lowest BCUT2D eigenvalue weighted by Gasteiger charge is -2.27. The minimum absolute atomic E-state index is 0. The van der Waals surface area contributed by atoms with Crippen LogP contribution in [-0.2, 0) is 10.0 Å². The number of rotatable bonds is 7. The van der Waals surface area contributed by atoms with Gasteiger partial charge in [-0.2, -0.15) is 4.31 Å². The third-order valence-electron chi connectivity index (χ3n) is 4.82. The molecule has 1 aromatic carbocycles. The smallest absolute Gasteiger partial charge is 0.252 e. The van der Waals surface area contributed by atoms with Crippen LogP contribution in [0.25, 0.3) is 10.9 Å². The normalized spacial score (nSPS) is 14.5. The lowest BCUT2D eigenvalue weighted by Crippen LogP contribution is -2.48. The maximum absolute atomic E-state index is 12.8. The van der Waals surface area contributed by atoms with E-state index in [1.165, 1.54) is 28.6 Å². The zero-order valence-corrected chi connectivity index (χ0v) is 17.5. The van der Waals surface area contributed by atoms with Crippen LogP contribution in [0.15, 0.2) is 34.0 Å². The Labute approximate surface area is 170 Å². The van der Waals surface area contributed by atoms with Crippen molar-refractivity contribution in [2.75, 3.05) is 32.7 Å². The van der Waals surface area contributed by atoms with Gasteiger partial charge >= 0.3 is 0 Å². The molecule has 1 amide bonds. The summed E-state index contributed by atoms with van der Waals surface area (Å²) < 4.78 is 26.9. The van der Waals surface area contributed by atoms with E-state index in [4.69, 9.17) is 0 Å². The van der Waals surface area contributed by atoms with E-state index in [1.54, 1.807) is 13.8 Å². The minimum Gasteiger partial charge on any atom is -0.352 e. The number of hydrogen-bond acceptors (Lipinski definition) is 5. The fraction of sp³-hybridized carbons (Fsp3) is 0.444. The summed E-state index contributed by atoms with van der Waals surface area (Å²) in [5, 5.41) is 6.37. The third kappa shape index (κ3) is 4.38. The predicted molar refractivity (Wildman–Crippen MR) is 111 cm³/mol. The number of sulfonamides is 1. The molecule has 0 spiro atoms. The van der Waals surface area contributed by atoms with Crippen molar-refractivity contribution in [3.8, 4) is 0 Å². The molecule has 0 atom stereocenters. The summed E-state index contributed by atoms with van der Waals surface area (Å²) in [5.41, 5.74) is 0.200. The van der Waals surface area contributed by atoms with E-state index in [1.807, 2.05) is 0 Å². The average Bonchev–Trinajstić information content (AvgIpc) is 2.59. The Bertz CT molecular complexity index is 1010. The molecule has 1 fully saturated rings. The zero-order valence-electron chi connectivity index (χ0n) is 15.8. The molecule has 0 radical (unpaired) electrons. The number of carbonyl (C=O) groups excluding carboxylic acids is 1. The van der Waals surface area contributed by atoms with Gasteiger partial charge in [0.25, 0.3) is 5.91 Å². The summed E-state index contributed by atoms with van der Waals surface area (Å²) in [6.07, 6.45) is 0. The van der Waals surface area contributed by atoms with Crippen LogP contribution in [0.5, 0.6) is 0 Å². The fourth-order valence-electron chi connectivity index (χ4n) is 3.12. The van der Waals surface area contributed by atoms with Crippen LogP contribution in [0.4, 0.5) is 0 Å². The summed E-state index contributed by atoms with van der Waals surface area (Å²) in [6, 6.07) is 5.65. The second-order valence-electron chi connectivity index (χ2n) is 6.58. The van der Waals surface area contributed by atoms with Crippen molar-refractivity contribution in [2.45, 2.75) is 18.7 Å². The number of nitrogens with one attached hydrogen (secondary N) is 3. The Hall–Kier alpha value is -1.94. The molecule has 8 nitrogen and oxygen atoms in total. The molecule has 1 saturated heterocycles. The SMILES string of the molecule is CCN(CC)S(=O)(=O)c1ccc2[nH]c(=O)cc(C(=O)NCC3CNC3)c2c1.Cl. The minimum atomic E-state index is -3.66. The highest BCUT2D eigenvalue weighted by Crippen LogP contribution is 2.23. The number of fused-ring (bicyclic) bond motifs is 1. The first-order valence-corrected chi connectivity index (χ1v) is 10.5. The van der Waals surface area contributed by atoms with Crippen molar-refractivity contribution in [1.82, 2.24) is 19.9 Å². The number of amides is 1. The maximum atomic E-state index is 12.8. The van der Waals surface area contributed by atoms with Gasteiger partial charge in [-0.15, -0.1) is 12.4 Å². The monoisotopic (exact) mass is 428 g/mol. The Morgan fingerprint density at radius 1 is 1.21 bits per heavy atom. The number of halogens is 1. The van der Waals surface area contributed by atoms with E-state index in [0.29, 0.717) is 36.5 Å². The standard InChI is InChI=1S/C18H24N4O4S.ClH/c1-3-22(4-2)27(25,26)13-5-6-16-14(7-13)15(8-17(23)21-16)18(24)20-11-12-9-19-10-12;/h5-8,12,19H,3-4,9-11H2,1-2H3,(H,20,24)(H,21,23);1H. The molecule has 1 aliphatic rings. The van der Waals surface area contributed by atoms with Crippen LogP contribution in [0.2, 0.25) is 0 Å². The second-order valence-corrected chi connectivity index (χ2v) is 8.52. The molecule has 1 aromatic heterocycles. The predicted octanol–water partition coefficient (Wildman–Crippen LogP) is 0.930. The average molecular weight is 429 g/mol. The van der Waals surface area contributed by atoms with Crippen LogP contribution in [0.1, 0.15) is 24.2 Å². The Morgan fingerprint density at radius 3 is 2.46 bits per heavy atom. The molecular weight excluding hydrogens is 404 g/mol. The Balaban J connectivity index is 0.00000280. The highest BCUT2D eigenvalue weighted by atomic mass is 35.5. The Kier molecular flexibility index (Phi) is 7.22. The molecule has 0 aliphatic carbocycles. The van der Waals surface area contributed by atoms with Crippen molar-refractivity contribution >= 4 is 39.2 Å². The number of benzene rings is 1. The van der Waals surface area contributed by atoms with Crippen molar-refractivity contribution in [1.29, 1.82) is 0 Å². The highest BCUT2D eigenvalue weighted by molar-refractivity contribution is 7.89. The highest BCUT2D eigenvalue weighted by Gasteiger charge is 2.23. The molecule has 0 unspecified atom stereocenters. The summed E-state index contributed by atoms with van der Waals surface area (Å²) in [4.78, 5) is 27.3. The first-order chi connectivity index (χ1) is 12.9. The van der Waals surface area contributed by atoms with Crippen molar-refractivity contribution < 1.29 is 13.2 Å². The van der Waals surface area contributed by atoms with E-state index >= 15 is 0 Å². The number of aromatic nitrogens is 1. The van der Waals surface area contributed by atoms with Crippen LogP contribution in [0.3, 0.4) is 0 Å². The second kappa shape index (κ2) is 9.04. The molecule has 3 N–H and O–H groups in total. The first kappa shape index (κ1) is 22.4. The third-order valence-corrected chi connectivity index (χ3v) is 6.87. The van der Waals surface area contributed by atoms with Crippen LogP contribution in [0, 0.1) is 5.92 Å². The van der Waals surface area contributed by atoms with E-state index in [0.717, 1.165) is 13.1 Å². The summed E-state index contributed by atoms with van der Waals surface area (Å²) in [7, 11) is -3.66. The van der Waals surface area contributed by atoms with Crippen LogP contribution >= 0.6 is 12.4 Å². The fourth-order valence-corrected chi connectivity index (χ4v) is 4.60. The van der Waals surface area contributed by atoms with E-state index in [-0.39, 0.29) is 28.8 Å². The van der Waals surface area contributed by atoms with Gasteiger partial charge in [-0.25, -0.2) is 8.42 Å². The number of H-pyrrole nitrogens is 1. The quantitative estimate of drug-likeness (QED) is 0.607. The van der Waals surface area contributed by atoms with Crippen molar-refractivity contribution in [3.63, 3.8) is 0 Å². The van der Waals surface area contributed by atoms with E-state index in [2.05, 4.69) is 15.6 Å². The van der Waals surface area contributed by atoms with Gasteiger partial charge in [0.05, 0.1) is 10.5 Å². The van der Waals surface area contributed by atoms with E-state index < -0.39 is 15.6 Å². The lowest BCUT2D eigenvalue weighted by molar-refractivity contribution is 0.0943. The van der Waals surface area contributed by atoms with Gasteiger partial charge in [0, 0.05) is 55.6 Å². The number of aromatic amines is 1. The van der Waals surface area contributed by atoms with Gasteiger partial charge < -0.3 is 15.6 Å². The molecule has 0 saturated carbocycles. The molecule has 1 aliphatic heterocycles. The van der Waals surface area contributed by atoms with E-state index in [9.17, 15) is 18.0 Å². The molecule has 3 rings (SSSR count). The molecule has 0 bridgehead atoms. The number of nitrogens with zero attached hydrogens (tertiary/aromatic N) is 1. The molecule has 154 valence electrons. The number of hydrogen-bond donors (Lipinski definition) is 3. The van der Waals surface area contributed by atoms with Crippen molar-refractivity contribution in [3.05, 3.63) is 40.2 Å². The lowest BCUT2D eigenvalue weighted by atomic mass is 10.0. The largest absolute Gasteiger partial charge is 0.352 e. The number of carbonyl (C=O) groups is 1. The number of pyridine rings is 1. The van der Waals surface area contributed by atoms with Gasteiger partial charge in [0.1, 0.15) is 0 Å². The van der Waals surface area contributed by atoms with Crippen LogP contribution in [-0.4, -0.2) is 56.3 Å². The molecule has 10 heteroatoms. The van der Waals surface area contributed by atoms with Gasteiger partial charge in [-0.3, -0.25) is 9.59 Å². The first-order valence-electron chi connectivity index (χ1n) is 9.03. The van der Waals surface area contributed by atoms with Gasteiger partial charge in [0.2, 0.25) is 15.6 Å². The summed E-state index contributed by atoms with van der Waals surface area (Å²) >= 11 is 0. The van der Waals surface area contributed by atoms with Crippen LogP contribution < -0.4 is 16.2 Å². The summed E-state index contributed by atoms with van der Waals surface area (Å²) in [5.74, 6) is -0.00352. The Morgan fingerprint density at radius 2 is 1.89 bits per heavy atom. The van der Waals surface area contributed by atoms with Crippen molar-refractivity contribution in [2.24, 2.45) is 5.92 Å². The molecular formula is C18H25ClN4O4S. The molecule has 28 heavy (non-hydrogen) atoms. The topological polar surface area (TPSA) is 111 Å². The van der Waals surface area contributed by atoms with Gasteiger partial charge in [-0.1, -0.05) is 13.8 Å².